The summed E-state index contributed by atoms with van der Waals surface area (Å²) in [7, 11) is 0. The van der Waals surface area contributed by atoms with E-state index in [0.29, 0.717) is 5.92 Å². The molecule has 3 N–H and O–H groups in total. The monoisotopic (exact) mass is 322 g/mol. The number of amides is 2. The van der Waals surface area contributed by atoms with Crippen LogP contribution in [0.15, 0.2) is 0 Å². The number of carbonyl (C=O) groups is 2. The van der Waals surface area contributed by atoms with E-state index in [1.54, 1.807) is 0 Å². The molecule has 2 atom stereocenters. The number of primary amides is 1. The quantitative estimate of drug-likeness (QED) is 0.719. The molecule has 0 aromatic rings. The lowest BCUT2D eigenvalue weighted by atomic mass is 9.81. The summed E-state index contributed by atoms with van der Waals surface area (Å²) in [5, 5.41) is 3.07. The number of hydrogen-bond acceptors (Lipinski definition) is 2. The van der Waals surface area contributed by atoms with Gasteiger partial charge in [-0.2, -0.15) is 0 Å². The molecule has 0 aliphatic heterocycles. The van der Waals surface area contributed by atoms with Crippen molar-refractivity contribution in [3.8, 4) is 0 Å². The number of nitrogens with two attached hydrogens (primary N) is 1. The number of nitrogens with one attached hydrogen (secondary N) is 1. The molecule has 2 saturated carbocycles. The van der Waals surface area contributed by atoms with Gasteiger partial charge < -0.3 is 11.1 Å². The maximum Gasteiger partial charge on any atom is 0.224 e. The van der Waals surface area contributed by atoms with Gasteiger partial charge in [-0.15, -0.1) is 0 Å². The van der Waals surface area contributed by atoms with E-state index in [4.69, 9.17) is 5.73 Å². The zero-order valence-electron chi connectivity index (χ0n) is 15.1. The van der Waals surface area contributed by atoms with E-state index in [0.717, 1.165) is 25.2 Å². The van der Waals surface area contributed by atoms with Crippen LogP contribution in [-0.4, -0.2) is 17.4 Å². The van der Waals surface area contributed by atoms with E-state index < -0.39 is 0 Å². The highest BCUT2D eigenvalue weighted by Crippen LogP contribution is 2.39. The fourth-order valence-electron chi connectivity index (χ4n) is 3.89. The predicted octanol–water partition coefficient (Wildman–Crippen LogP) is 3.39. The van der Waals surface area contributed by atoms with Gasteiger partial charge >= 0.3 is 0 Å². The Hall–Kier alpha value is -1.06. The molecule has 0 unspecified atom stereocenters. The van der Waals surface area contributed by atoms with Crippen LogP contribution < -0.4 is 11.1 Å². The largest absolute Gasteiger partial charge is 0.369 e. The van der Waals surface area contributed by atoms with Crippen LogP contribution in [-0.2, 0) is 9.59 Å². The SMILES string of the molecule is CC(C)(C)NC(=O)[C@H](CC1CC1)[C@H](CCC1CCCC1)C(N)=O. The first-order valence-corrected chi connectivity index (χ1v) is 9.37. The Morgan fingerprint density at radius 3 is 2.13 bits per heavy atom. The van der Waals surface area contributed by atoms with Gasteiger partial charge in [0, 0.05) is 17.4 Å². The molecular weight excluding hydrogens is 288 g/mol. The Kier molecular flexibility index (Phi) is 6.10. The summed E-state index contributed by atoms with van der Waals surface area (Å²) in [4.78, 5) is 24.8. The lowest BCUT2D eigenvalue weighted by Crippen LogP contribution is -2.47. The van der Waals surface area contributed by atoms with E-state index in [9.17, 15) is 9.59 Å². The van der Waals surface area contributed by atoms with Crippen molar-refractivity contribution in [2.24, 2.45) is 29.4 Å². The van der Waals surface area contributed by atoms with E-state index in [1.165, 1.54) is 38.5 Å². The highest BCUT2D eigenvalue weighted by molar-refractivity contribution is 5.87. The molecule has 2 rings (SSSR count). The van der Waals surface area contributed by atoms with Crippen LogP contribution in [0.4, 0.5) is 0 Å². The fourth-order valence-corrected chi connectivity index (χ4v) is 3.89. The number of carbonyl (C=O) groups excluding carboxylic acids is 2. The first-order valence-electron chi connectivity index (χ1n) is 9.37. The van der Waals surface area contributed by atoms with Gasteiger partial charge in [0.2, 0.25) is 11.8 Å². The van der Waals surface area contributed by atoms with Gasteiger partial charge in [-0.25, -0.2) is 0 Å². The normalized spacial score (nSPS) is 21.9. The van der Waals surface area contributed by atoms with Gasteiger partial charge in [0.15, 0.2) is 0 Å². The molecule has 4 heteroatoms. The summed E-state index contributed by atoms with van der Waals surface area (Å²) in [6, 6.07) is 0. The van der Waals surface area contributed by atoms with Gasteiger partial charge in [-0.3, -0.25) is 9.59 Å². The average Bonchev–Trinajstić information content (AvgIpc) is 3.08. The molecule has 0 heterocycles. The molecule has 23 heavy (non-hydrogen) atoms. The van der Waals surface area contributed by atoms with E-state index in [-0.39, 0.29) is 29.2 Å². The summed E-state index contributed by atoms with van der Waals surface area (Å²) in [5.41, 5.74) is 5.43. The third-order valence-electron chi connectivity index (χ3n) is 5.33. The van der Waals surface area contributed by atoms with Gasteiger partial charge in [0.1, 0.15) is 0 Å². The number of rotatable bonds is 8. The van der Waals surface area contributed by atoms with Crippen LogP contribution in [0.2, 0.25) is 0 Å². The molecule has 2 fully saturated rings. The Morgan fingerprint density at radius 1 is 1.04 bits per heavy atom. The zero-order chi connectivity index (χ0) is 17.0. The maximum absolute atomic E-state index is 12.7. The third-order valence-corrected chi connectivity index (χ3v) is 5.33. The molecule has 132 valence electrons. The summed E-state index contributed by atoms with van der Waals surface area (Å²) < 4.78 is 0. The van der Waals surface area contributed by atoms with Crippen molar-refractivity contribution >= 4 is 11.8 Å². The molecule has 0 aromatic heterocycles. The minimum absolute atomic E-state index is 0.0135. The molecule has 0 bridgehead atoms. The van der Waals surface area contributed by atoms with E-state index in [2.05, 4.69) is 5.32 Å². The second-order valence-electron chi connectivity index (χ2n) is 8.76. The number of hydrogen-bond donors (Lipinski definition) is 2. The first-order chi connectivity index (χ1) is 10.8. The Labute approximate surface area is 141 Å². The van der Waals surface area contributed by atoms with Gasteiger partial charge in [-0.05, 0) is 51.9 Å². The van der Waals surface area contributed by atoms with Crippen molar-refractivity contribution in [2.45, 2.75) is 84.1 Å². The molecular formula is C19H34N2O2. The topological polar surface area (TPSA) is 72.2 Å². The molecule has 0 spiro atoms. The molecule has 0 aromatic carbocycles. The zero-order valence-corrected chi connectivity index (χ0v) is 15.1. The van der Waals surface area contributed by atoms with Crippen LogP contribution in [0.3, 0.4) is 0 Å². The van der Waals surface area contributed by atoms with Crippen LogP contribution in [0.1, 0.15) is 78.6 Å². The smallest absolute Gasteiger partial charge is 0.224 e. The lowest BCUT2D eigenvalue weighted by molar-refractivity contribution is -0.135. The van der Waals surface area contributed by atoms with Crippen molar-refractivity contribution in [3.63, 3.8) is 0 Å². The van der Waals surface area contributed by atoms with Gasteiger partial charge in [0.25, 0.3) is 0 Å². The standard InChI is InChI=1S/C19H34N2O2/c1-19(2,3)21-18(23)16(12-14-8-9-14)15(17(20)22)11-10-13-6-4-5-7-13/h13-16H,4-12H2,1-3H3,(H2,20,22)(H,21,23)/t15-,16+/m0/s1. The van der Waals surface area contributed by atoms with Crippen molar-refractivity contribution in [1.82, 2.24) is 5.32 Å². The summed E-state index contributed by atoms with van der Waals surface area (Å²) in [5.74, 6) is 0.500. The molecule has 2 aliphatic carbocycles. The van der Waals surface area contributed by atoms with Crippen LogP contribution in [0.25, 0.3) is 0 Å². The lowest BCUT2D eigenvalue weighted by Gasteiger charge is -2.29. The van der Waals surface area contributed by atoms with Gasteiger partial charge in [-0.1, -0.05) is 38.5 Å². The van der Waals surface area contributed by atoms with Crippen molar-refractivity contribution < 1.29 is 9.59 Å². The summed E-state index contributed by atoms with van der Waals surface area (Å²) in [6.07, 6.45) is 10.2. The summed E-state index contributed by atoms with van der Waals surface area (Å²) >= 11 is 0. The average molecular weight is 322 g/mol. The molecule has 2 amide bonds. The maximum atomic E-state index is 12.7. The molecule has 0 saturated heterocycles. The third kappa shape index (κ3) is 6.15. The minimum atomic E-state index is -0.307. The van der Waals surface area contributed by atoms with Crippen LogP contribution in [0.5, 0.6) is 0 Å². The Morgan fingerprint density at radius 2 is 1.65 bits per heavy atom. The minimum Gasteiger partial charge on any atom is -0.369 e. The van der Waals surface area contributed by atoms with E-state index >= 15 is 0 Å². The van der Waals surface area contributed by atoms with Crippen molar-refractivity contribution in [1.29, 1.82) is 0 Å². The van der Waals surface area contributed by atoms with Crippen molar-refractivity contribution in [3.05, 3.63) is 0 Å². The molecule has 4 nitrogen and oxygen atoms in total. The Bertz CT molecular complexity index is 418. The fraction of sp³-hybridized carbons (Fsp3) is 0.895. The first kappa shape index (κ1) is 18.3. The molecule has 2 aliphatic rings. The molecule has 0 radical (unpaired) electrons. The predicted molar refractivity (Wildman–Crippen MR) is 92.6 cm³/mol. The van der Waals surface area contributed by atoms with Crippen molar-refractivity contribution in [2.75, 3.05) is 0 Å². The second-order valence-corrected chi connectivity index (χ2v) is 8.76. The summed E-state index contributed by atoms with van der Waals surface area (Å²) in [6.45, 7) is 5.95. The van der Waals surface area contributed by atoms with Crippen LogP contribution >= 0.6 is 0 Å². The van der Waals surface area contributed by atoms with Gasteiger partial charge in [0.05, 0.1) is 0 Å². The van der Waals surface area contributed by atoms with E-state index in [1.807, 2.05) is 20.8 Å². The Balaban J connectivity index is 2.01. The highest BCUT2D eigenvalue weighted by atomic mass is 16.2. The van der Waals surface area contributed by atoms with Crippen LogP contribution in [0, 0.1) is 23.7 Å². The second kappa shape index (κ2) is 7.67. The highest BCUT2D eigenvalue weighted by Gasteiger charge is 2.38.